The second-order valence-electron chi connectivity index (χ2n) is 5.22. The van der Waals surface area contributed by atoms with Crippen LogP contribution in [0.5, 0.6) is 0 Å². The van der Waals surface area contributed by atoms with E-state index in [4.69, 9.17) is 11.6 Å². The average molecular weight is 275 g/mol. The molecule has 0 amide bonds. The Hall–Kier alpha value is -1.16. The van der Waals surface area contributed by atoms with Crippen LogP contribution in [0.2, 0.25) is 5.02 Å². The summed E-state index contributed by atoms with van der Waals surface area (Å²) in [7, 11) is 0. The van der Waals surface area contributed by atoms with Gasteiger partial charge in [0, 0.05) is 16.9 Å². The van der Waals surface area contributed by atoms with E-state index in [1.807, 2.05) is 0 Å². The summed E-state index contributed by atoms with van der Waals surface area (Å²) in [6, 6.07) is 6.35. The van der Waals surface area contributed by atoms with Crippen LogP contribution >= 0.6 is 11.6 Å². The standard InChI is InChI=1S/C13H13ClF2O2/c1-11(2,8-3-5-9(14)6-4-8)12(10(17)18)7-13(12,15)16/h3-6H,7H2,1-2H3,(H,17,18). The summed E-state index contributed by atoms with van der Waals surface area (Å²) < 4.78 is 27.1. The Bertz CT molecular complexity index is 496. The van der Waals surface area contributed by atoms with Crippen molar-refractivity contribution in [1.29, 1.82) is 0 Å². The van der Waals surface area contributed by atoms with Crippen molar-refractivity contribution in [3.8, 4) is 0 Å². The quantitative estimate of drug-likeness (QED) is 0.912. The first kappa shape index (κ1) is 13.3. The Morgan fingerprint density at radius 2 is 1.78 bits per heavy atom. The van der Waals surface area contributed by atoms with Crippen molar-refractivity contribution in [3.63, 3.8) is 0 Å². The molecule has 0 heterocycles. The zero-order valence-electron chi connectivity index (χ0n) is 10.0. The second-order valence-corrected chi connectivity index (χ2v) is 5.66. The molecule has 0 radical (unpaired) electrons. The molecule has 2 rings (SSSR count). The normalized spacial score (nSPS) is 25.8. The van der Waals surface area contributed by atoms with Crippen LogP contribution in [0, 0.1) is 5.41 Å². The predicted molar refractivity (Wildman–Crippen MR) is 64.1 cm³/mol. The molecule has 1 unspecified atom stereocenters. The molecule has 1 atom stereocenters. The Morgan fingerprint density at radius 3 is 2.11 bits per heavy atom. The molecule has 0 saturated heterocycles. The SMILES string of the molecule is CC(C)(c1ccc(Cl)cc1)C1(C(=O)O)CC1(F)F. The molecule has 1 saturated carbocycles. The van der Waals surface area contributed by atoms with Crippen molar-refractivity contribution >= 4 is 17.6 Å². The van der Waals surface area contributed by atoms with Crippen LogP contribution in [0.3, 0.4) is 0 Å². The molecule has 0 spiro atoms. The highest BCUT2D eigenvalue weighted by molar-refractivity contribution is 6.30. The zero-order valence-corrected chi connectivity index (χ0v) is 10.8. The summed E-state index contributed by atoms with van der Waals surface area (Å²) in [5.74, 6) is -4.62. The van der Waals surface area contributed by atoms with Crippen LogP contribution < -0.4 is 0 Å². The van der Waals surface area contributed by atoms with Gasteiger partial charge in [-0.2, -0.15) is 0 Å². The maximum absolute atomic E-state index is 13.6. The van der Waals surface area contributed by atoms with E-state index in [0.29, 0.717) is 10.6 Å². The minimum absolute atomic E-state index is 0.487. The van der Waals surface area contributed by atoms with Gasteiger partial charge in [-0.1, -0.05) is 37.6 Å². The number of hydrogen-bond acceptors (Lipinski definition) is 1. The fourth-order valence-electron chi connectivity index (χ4n) is 2.58. The smallest absolute Gasteiger partial charge is 0.316 e. The lowest BCUT2D eigenvalue weighted by Crippen LogP contribution is -2.41. The fraction of sp³-hybridized carbons (Fsp3) is 0.462. The van der Waals surface area contributed by atoms with E-state index in [0.717, 1.165) is 0 Å². The summed E-state index contributed by atoms with van der Waals surface area (Å²) in [5.41, 5.74) is -2.63. The summed E-state index contributed by atoms with van der Waals surface area (Å²) in [6.07, 6.45) is -0.620. The third kappa shape index (κ3) is 1.55. The lowest BCUT2D eigenvalue weighted by atomic mass is 9.70. The van der Waals surface area contributed by atoms with Crippen LogP contribution in [-0.2, 0) is 10.2 Å². The molecule has 1 aromatic carbocycles. The largest absolute Gasteiger partial charge is 0.481 e. The highest BCUT2D eigenvalue weighted by Gasteiger charge is 2.82. The number of hydrogen-bond donors (Lipinski definition) is 1. The van der Waals surface area contributed by atoms with Gasteiger partial charge < -0.3 is 5.11 Å². The van der Waals surface area contributed by atoms with Gasteiger partial charge in [0.2, 0.25) is 0 Å². The van der Waals surface area contributed by atoms with Gasteiger partial charge in [0.1, 0.15) is 5.41 Å². The summed E-state index contributed by atoms with van der Waals surface area (Å²) in [6.45, 7) is 3.07. The number of benzene rings is 1. The van der Waals surface area contributed by atoms with Crippen molar-refractivity contribution in [1.82, 2.24) is 0 Å². The van der Waals surface area contributed by atoms with Crippen molar-refractivity contribution in [2.75, 3.05) is 0 Å². The van der Waals surface area contributed by atoms with Crippen LogP contribution in [0.4, 0.5) is 8.78 Å². The van der Waals surface area contributed by atoms with Gasteiger partial charge in [0.05, 0.1) is 0 Å². The van der Waals surface area contributed by atoms with Crippen LogP contribution in [0.25, 0.3) is 0 Å². The van der Waals surface area contributed by atoms with Gasteiger partial charge in [-0.05, 0) is 17.7 Å². The molecule has 2 nitrogen and oxygen atoms in total. The second kappa shape index (κ2) is 3.67. The number of carbonyl (C=O) groups is 1. The maximum Gasteiger partial charge on any atom is 0.316 e. The van der Waals surface area contributed by atoms with Crippen LogP contribution in [0.15, 0.2) is 24.3 Å². The molecule has 1 fully saturated rings. The highest BCUT2D eigenvalue weighted by atomic mass is 35.5. The predicted octanol–water partition coefficient (Wildman–Crippen LogP) is 3.73. The van der Waals surface area contributed by atoms with E-state index < -0.39 is 29.1 Å². The van der Waals surface area contributed by atoms with Gasteiger partial charge in [-0.3, -0.25) is 4.79 Å². The number of rotatable bonds is 3. The molecule has 1 aliphatic rings. The minimum Gasteiger partial charge on any atom is -0.481 e. The number of halogens is 3. The van der Waals surface area contributed by atoms with E-state index in [1.165, 1.54) is 13.8 Å². The van der Waals surface area contributed by atoms with Gasteiger partial charge >= 0.3 is 5.97 Å². The summed E-state index contributed by atoms with van der Waals surface area (Å²) in [4.78, 5) is 11.3. The highest BCUT2D eigenvalue weighted by Crippen LogP contribution is 2.69. The van der Waals surface area contributed by atoms with E-state index in [1.54, 1.807) is 24.3 Å². The Morgan fingerprint density at radius 1 is 1.33 bits per heavy atom. The van der Waals surface area contributed by atoms with Crippen LogP contribution in [-0.4, -0.2) is 17.0 Å². The van der Waals surface area contributed by atoms with Crippen molar-refractivity contribution in [2.24, 2.45) is 5.41 Å². The molecule has 5 heteroatoms. The molecule has 0 aromatic heterocycles. The first-order valence-electron chi connectivity index (χ1n) is 5.52. The van der Waals surface area contributed by atoms with Gasteiger partial charge in [-0.25, -0.2) is 8.78 Å². The average Bonchev–Trinajstić information content (AvgIpc) is 2.85. The third-order valence-electron chi connectivity index (χ3n) is 3.98. The van der Waals surface area contributed by atoms with Gasteiger partial charge in [0.25, 0.3) is 5.92 Å². The molecule has 98 valence electrons. The number of aliphatic carboxylic acids is 1. The van der Waals surface area contributed by atoms with Gasteiger partial charge in [-0.15, -0.1) is 0 Å². The minimum atomic E-state index is -3.16. The molecule has 1 aliphatic carbocycles. The topological polar surface area (TPSA) is 37.3 Å². The molecule has 18 heavy (non-hydrogen) atoms. The molecule has 0 aliphatic heterocycles. The van der Waals surface area contributed by atoms with Gasteiger partial charge in [0.15, 0.2) is 0 Å². The number of carboxylic acid groups (broad SMARTS) is 1. The summed E-state index contributed by atoms with van der Waals surface area (Å²) in [5, 5.41) is 9.67. The molecular formula is C13H13ClF2O2. The molecule has 1 N–H and O–H groups in total. The number of carboxylic acids is 1. The lowest BCUT2D eigenvalue weighted by molar-refractivity contribution is -0.151. The molecular weight excluding hydrogens is 262 g/mol. The first-order valence-corrected chi connectivity index (χ1v) is 5.90. The zero-order chi connectivity index (χ0) is 13.8. The van der Waals surface area contributed by atoms with Crippen molar-refractivity contribution < 1.29 is 18.7 Å². The van der Waals surface area contributed by atoms with Crippen molar-refractivity contribution in [3.05, 3.63) is 34.9 Å². The van der Waals surface area contributed by atoms with E-state index >= 15 is 0 Å². The van der Waals surface area contributed by atoms with E-state index in [2.05, 4.69) is 0 Å². The Balaban J connectivity index is 2.48. The van der Waals surface area contributed by atoms with Crippen molar-refractivity contribution in [2.45, 2.75) is 31.6 Å². The summed E-state index contributed by atoms with van der Waals surface area (Å²) >= 11 is 5.75. The lowest BCUT2D eigenvalue weighted by Gasteiger charge is -2.32. The number of alkyl halides is 2. The first-order chi connectivity index (χ1) is 8.15. The Kier molecular flexibility index (Phi) is 2.71. The monoisotopic (exact) mass is 274 g/mol. The third-order valence-corrected chi connectivity index (χ3v) is 4.24. The Labute approximate surface area is 109 Å². The molecule has 0 bridgehead atoms. The van der Waals surface area contributed by atoms with E-state index in [9.17, 15) is 18.7 Å². The maximum atomic E-state index is 13.6. The van der Waals surface area contributed by atoms with E-state index in [-0.39, 0.29) is 0 Å². The fourth-order valence-corrected chi connectivity index (χ4v) is 2.71. The van der Waals surface area contributed by atoms with Crippen LogP contribution in [0.1, 0.15) is 25.8 Å². The molecule has 1 aromatic rings.